The van der Waals surface area contributed by atoms with Crippen molar-refractivity contribution < 1.29 is 4.39 Å². The highest BCUT2D eigenvalue weighted by Crippen LogP contribution is 2.25. The molecule has 0 fully saturated rings. The van der Waals surface area contributed by atoms with Crippen LogP contribution in [0.3, 0.4) is 0 Å². The topological polar surface area (TPSA) is 26.0 Å². The van der Waals surface area contributed by atoms with Crippen molar-refractivity contribution in [3.8, 4) is 0 Å². The van der Waals surface area contributed by atoms with E-state index in [4.69, 9.17) is 5.73 Å². The van der Waals surface area contributed by atoms with Gasteiger partial charge in [-0.15, -0.1) is 11.8 Å². The van der Waals surface area contributed by atoms with E-state index in [1.807, 2.05) is 25.3 Å². The number of rotatable bonds is 4. The van der Waals surface area contributed by atoms with E-state index >= 15 is 0 Å². The first kappa shape index (κ1) is 11.5. The predicted octanol–water partition coefficient (Wildman–Crippen LogP) is 3.00. The van der Waals surface area contributed by atoms with E-state index in [1.165, 1.54) is 0 Å². The summed E-state index contributed by atoms with van der Waals surface area (Å²) in [6.07, 6.45) is 2.77. The van der Waals surface area contributed by atoms with Gasteiger partial charge in [0.05, 0.1) is 0 Å². The normalized spacial score (nSPS) is 12.9. The molecule has 0 aliphatic heterocycles. The Morgan fingerprint density at radius 1 is 1.50 bits per heavy atom. The molecule has 1 unspecified atom stereocenters. The van der Waals surface area contributed by atoms with Crippen molar-refractivity contribution in [2.75, 3.05) is 12.8 Å². The fourth-order valence-electron chi connectivity index (χ4n) is 1.44. The maximum atomic E-state index is 13.6. The maximum absolute atomic E-state index is 13.6. The molecule has 1 nitrogen and oxygen atoms in total. The molecule has 0 saturated heterocycles. The molecule has 0 aliphatic carbocycles. The molecule has 3 heteroatoms. The molecule has 0 amide bonds. The highest BCUT2D eigenvalue weighted by Gasteiger charge is 2.10. The summed E-state index contributed by atoms with van der Waals surface area (Å²) in [6, 6.07) is 5.41. The number of thioether (sulfide) groups is 1. The van der Waals surface area contributed by atoms with E-state index in [-0.39, 0.29) is 11.7 Å². The van der Waals surface area contributed by atoms with Gasteiger partial charge in [0, 0.05) is 4.90 Å². The van der Waals surface area contributed by atoms with Crippen LogP contribution in [0.25, 0.3) is 0 Å². The maximum Gasteiger partial charge on any atom is 0.127 e. The summed E-state index contributed by atoms with van der Waals surface area (Å²) >= 11 is 1.55. The van der Waals surface area contributed by atoms with Gasteiger partial charge in [0.2, 0.25) is 0 Å². The van der Waals surface area contributed by atoms with Gasteiger partial charge >= 0.3 is 0 Å². The quantitative estimate of drug-likeness (QED) is 0.778. The molecule has 0 aliphatic rings. The van der Waals surface area contributed by atoms with Crippen LogP contribution in [0, 0.1) is 5.82 Å². The van der Waals surface area contributed by atoms with Gasteiger partial charge in [-0.1, -0.05) is 13.0 Å². The number of hydrogen-bond acceptors (Lipinski definition) is 2. The lowest BCUT2D eigenvalue weighted by molar-refractivity contribution is 0.574. The molecule has 0 bridgehead atoms. The Morgan fingerprint density at radius 3 is 2.71 bits per heavy atom. The van der Waals surface area contributed by atoms with Gasteiger partial charge in [-0.2, -0.15) is 0 Å². The van der Waals surface area contributed by atoms with Crippen LogP contribution in [0.4, 0.5) is 4.39 Å². The minimum atomic E-state index is -0.113. The zero-order valence-electron chi connectivity index (χ0n) is 8.59. The zero-order chi connectivity index (χ0) is 10.6. The first-order valence-electron chi connectivity index (χ1n) is 4.72. The highest BCUT2D eigenvalue weighted by molar-refractivity contribution is 7.98. The average molecular weight is 213 g/mol. The minimum Gasteiger partial charge on any atom is -0.330 e. The fourth-order valence-corrected chi connectivity index (χ4v) is 1.87. The predicted molar refractivity (Wildman–Crippen MR) is 60.3 cm³/mol. The van der Waals surface area contributed by atoms with Crippen LogP contribution in [0.15, 0.2) is 23.1 Å². The van der Waals surface area contributed by atoms with Crippen molar-refractivity contribution in [3.63, 3.8) is 0 Å². The molecule has 14 heavy (non-hydrogen) atoms. The van der Waals surface area contributed by atoms with Crippen LogP contribution in [-0.4, -0.2) is 12.8 Å². The molecule has 1 rings (SSSR count). The van der Waals surface area contributed by atoms with Crippen molar-refractivity contribution in [1.29, 1.82) is 0 Å². The number of hydrogen-bond donors (Lipinski definition) is 1. The van der Waals surface area contributed by atoms with E-state index in [1.54, 1.807) is 17.8 Å². The highest BCUT2D eigenvalue weighted by atomic mass is 32.2. The Kier molecular flexibility index (Phi) is 4.42. The van der Waals surface area contributed by atoms with Gasteiger partial charge in [-0.3, -0.25) is 0 Å². The van der Waals surface area contributed by atoms with E-state index < -0.39 is 0 Å². The number of halogens is 1. The molecule has 78 valence electrons. The first-order chi connectivity index (χ1) is 6.69. The second-order valence-electron chi connectivity index (χ2n) is 3.37. The standard InChI is InChI=1S/C11H16FNS/c1-8(5-6-13)10-4-3-9(14-2)7-11(10)12/h3-4,7-8H,5-6,13H2,1-2H3. The Bertz CT molecular complexity index is 301. The van der Waals surface area contributed by atoms with E-state index in [0.717, 1.165) is 16.9 Å². The molecule has 0 saturated carbocycles. The minimum absolute atomic E-state index is 0.113. The molecule has 0 radical (unpaired) electrons. The largest absolute Gasteiger partial charge is 0.330 e. The summed E-state index contributed by atoms with van der Waals surface area (Å²) < 4.78 is 13.6. The molecule has 1 aromatic rings. The third-order valence-electron chi connectivity index (χ3n) is 2.34. The van der Waals surface area contributed by atoms with Gasteiger partial charge in [0.25, 0.3) is 0 Å². The van der Waals surface area contributed by atoms with Crippen LogP contribution in [-0.2, 0) is 0 Å². The molecular formula is C11H16FNS. The summed E-state index contributed by atoms with van der Waals surface area (Å²) in [5.41, 5.74) is 6.22. The molecule has 2 N–H and O–H groups in total. The van der Waals surface area contributed by atoms with Crippen LogP contribution >= 0.6 is 11.8 Å². The molecule has 1 atom stereocenters. The lowest BCUT2D eigenvalue weighted by atomic mass is 9.97. The fraction of sp³-hybridized carbons (Fsp3) is 0.455. The lowest BCUT2D eigenvalue weighted by Crippen LogP contribution is -2.06. The van der Waals surface area contributed by atoms with Gasteiger partial charge in [0.15, 0.2) is 0 Å². The summed E-state index contributed by atoms with van der Waals surface area (Å²) in [6.45, 7) is 2.61. The number of nitrogens with two attached hydrogens (primary N) is 1. The van der Waals surface area contributed by atoms with Gasteiger partial charge in [-0.25, -0.2) is 4.39 Å². The van der Waals surface area contributed by atoms with Crippen molar-refractivity contribution in [1.82, 2.24) is 0 Å². The first-order valence-corrected chi connectivity index (χ1v) is 5.95. The SMILES string of the molecule is CSc1ccc(C(C)CCN)c(F)c1. The van der Waals surface area contributed by atoms with Crippen molar-refractivity contribution in [2.45, 2.75) is 24.2 Å². The zero-order valence-corrected chi connectivity index (χ0v) is 9.40. The van der Waals surface area contributed by atoms with E-state index in [9.17, 15) is 4.39 Å². The van der Waals surface area contributed by atoms with Crippen LogP contribution in [0.5, 0.6) is 0 Å². The molecule has 1 aromatic carbocycles. The third kappa shape index (κ3) is 2.72. The molecule has 0 heterocycles. The Labute approximate surface area is 88.9 Å². The second kappa shape index (κ2) is 5.37. The Balaban J connectivity index is 2.88. The van der Waals surface area contributed by atoms with Crippen LogP contribution < -0.4 is 5.73 Å². The summed E-state index contributed by atoms with van der Waals surface area (Å²) in [5.74, 6) is 0.0914. The van der Waals surface area contributed by atoms with Crippen molar-refractivity contribution in [2.24, 2.45) is 5.73 Å². The van der Waals surface area contributed by atoms with Crippen molar-refractivity contribution >= 4 is 11.8 Å². The number of benzene rings is 1. The van der Waals surface area contributed by atoms with E-state index in [2.05, 4.69) is 0 Å². The van der Waals surface area contributed by atoms with Crippen molar-refractivity contribution in [3.05, 3.63) is 29.6 Å². The molecular weight excluding hydrogens is 197 g/mol. The van der Waals surface area contributed by atoms with Gasteiger partial charge in [0.1, 0.15) is 5.82 Å². The summed E-state index contributed by atoms with van der Waals surface area (Å²) in [4.78, 5) is 0.964. The Morgan fingerprint density at radius 2 is 2.21 bits per heavy atom. The van der Waals surface area contributed by atoms with Crippen LogP contribution in [0.1, 0.15) is 24.8 Å². The third-order valence-corrected chi connectivity index (χ3v) is 3.06. The molecule has 0 spiro atoms. The average Bonchev–Trinajstić information content (AvgIpc) is 2.17. The molecule has 0 aromatic heterocycles. The monoisotopic (exact) mass is 213 g/mol. The second-order valence-corrected chi connectivity index (χ2v) is 4.25. The van der Waals surface area contributed by atoms with E-state index in [0.29, 0.717) is 6.54 Å². The Hall–Kier alpha value is -0.540. The lowest BCUT2D eigenvalue weighted by Gasteiger charge is -2.12. The summed E-state index contributed by atoms with van der Waals surface area (Å²) in [7, 11) is 0. The smallest absolute Gasteiger partial charge is 0.127 e. The van der Waals surface area contributed by atoms with Crippen LogP contribution in [0.2, 0.25) is 0 Å². The summed E-state index contributed by atoms with van der Waals surface area (Å²) in [5, 5.41) is 0. The van der Waals surface area contributed by atoms with Gasteiger partial charge in [-0.05, 0) is 42.8 Å². The van der Waals surface area contributed by atoms with Gasteiger partial charge < -0.3 is 5.73 Å².